The zero-order valence-electron chi connectivity index (χ0n) is 20.3. The number of carbonyl (C=O) groups is 1. The average Bonchev–Trinajstić information content (AvgIpc) is 3.53. The standard InChI is InChI=1S/C29H33N3O3/c1-34-23-8-9-26-22(15-23)16-27(30-26)29(33)32-12-4-5-20(18-32)17-31-13-10-21(11-14-31)25-19-35-28-7-3-2-6-24(25)28/h2-3,6-9,15-16,19-21,30H,4-5,10-14,17-18H2,1H3/t20-/m0/s1. The van der Waals surface area contributed by atoms with Crippen molar-refractivity contribution in [2.45, 2.75) is 31.6 Å². The molecule has 2 aromatic carbocycles. The molecule has 2 fully saturated rings. The molecular formula is C29H33N3O3. The number of H-pyrrole nitrogens is 1. The monoisotopic (exact) mass is 471 g/mol. The average molecular weight is 472 g/mol. The maximum Gasteiger partial charge on any atom is 0.270 e. The molecule has 0 bridgehead atoms. The number of para-hydroxylation sites is 1. The highest BCUT2D eigenvalue weighted by Crippen LogP contribution is 2.35. The van der Waals surface area contributed by atoms with E-state index >= 15 is 0 Å². The van der Waals surface area contributed by atoms with Gasteiger partial charge in [-0.25, -0.2) is 0 Å². The van der Waals surface area contributed by atoms with Crippen molar-refractivity contribution in [1.82, 2.24) is 14.8 Å². The molecule has 2 aromatic heterocycles. The number of carbonyl (C=O) groups excluding carboxylic acids is 1. The molecule has 1 atom stereocenters. The topological polar surface area (TPSA) is 61.7 Å². The van der Waals surface area contributed by atoms with Gasteiger partial charge in [0.2, 0.25) is 0 Å². The van der Waals surface area contributed by atoms with E-state index in [0.717, 1.165) is 74.2 Å². The Hall–Kier alpha value is -3.25. The third kappa shape index (κ3) is 4.43. The fraction of sp³-hybridized carbons (Fsp3) is 0.414. The third-order valence-corrected chi connectivity index (χ3v) is 7.92. The molecule has 0 radical (unpaired) electrons. The van der Waals surface area contributed by atoms with Gasteiger partial charge in [0.05, 0.1) is 13.4 Å². The normalized spacial score (nSPS) is 20.0. The van der Waals surface area contributed by atoms with Crippen LogP contribution in [0, 0.1) is 5.92 Å². The lowest BCUT2D eigenvalue weighted by atomic mass is 9.88. The minimum absolute atomic E-state index is 0.107. The fourth-order valence-electron chi connectivity index (χ4n) is 6.03. The maximum atomic E-state index is 13.3. The molecule has 1 N–H and O–H groups in total. The molecule has 6 heteroatoms. The SMILES string of the molecule is COc1ccc2[nH]c(C(=O)N3CCC[C@@H](CN4CCC(c5coc6ccccc56)CC4)C3)cc2c1. The Morgan fingerprint density at radius 1 is 1.09 bits per heavy atom. The first-order chi connectivity index (χ1) is 17.2. The summed E-state index contributed by atoms with van der Waals surface area (Å²) in [7, 11) is 1.66. The van der Waals surface area contributed by atoms with Gasteiger partial charge in [-0.3, -0.25) is 4.79 Å². The predicted molar refractivity (Wildman–Crippen MR) is 138 cm³/mol. The maximum absolute atomic E-state index is 13.3. The summed E-state index contributed by atoms with van der Waals surface area (Å²) in [5, 5.41) is 2.28. The molecule has 0 saturated carbocycles. The molecule has 6 nitrogen and oxygen atoms in total. The Morgan fingerprint density at radius 2 is 1.94 bits per heavy atom. The number of rotatable bonds is 5. The molecule has 0 unspecified atom stereocenters. The highest BCUT2D eigenvalue weighted by molar-refractivity contribution is 5.98. The smallest absolute Gasteiger partial charge is 0.270 e. The van der Waals surface area contributed by atoms with Crippen molar-refractivity contribution in [2.24, 2.45) is 5.92 Å². The molecule has 2 aliphatic heterocycles. The summed E-state index contributed by atoms with van der Waals surface area (Å²) in [6.45, 7) is 4.97. The summed E-state index contributed by atoms with van der Waals surface area (Å²) in [4.78, 5) is 21.2. The minimum Gasteiger partial charge on any atom is -0.497 e. The van der Waals surface area contributed by atoms with Gasteiger partial charge < -0.3 is 23.9 Å². The summed E-state index contributed by atoms with van der Waals surface area (Å²) in [5.41, 5.74) is 4.00. The van der Waals surface area contributed by atoms with Gasteiger partial charge in [0.25, 0.3) is 5.91 Å². The van der Waals surface area contributed by atoms with E-state index in [4.69, 9.17) is 9.15 Å². The lowest BCUT2D eigenvalue weighted by Gasteiger charge is -2.38. The van der Waals surface area contributed by atoms with Crippen molar-refractivity contribution in [1.29, 1.82) is 0 Å². The van der Waals surface area contributed by atoms with Crippen molar-refractivity contribution < 1.29 is 13.9 Å². The fourth-order valence-corrected chi connectivity index (χ4v) is 6.03. The van der Waals surface area contributed by atoms with E-state index in [1.165, 1.54) is 17.4 Å². The number of hydrogen-bond acceptors (Lipinski definition) is 4. The van der Waals surface area contributed by atoms with E-state index in [2.05, 4.69) is 28.1 Å². The van der Waals surface area contributed by atoms with E-state index in [1.54, 1.807) is 7.11 Å². The Bertz CT molecular complexity index is 1330. The molecule has 0 spiro atoms. The first kappa shape index (κ1) is 22.2. The molecular weight excluding hydrogens is 438 g/mol. The van der Waals surface area contributed by atoms with Gasteiger partial charge >= 0.3 is 0 Å². The van der Waals surface area contributed by atoms with Crippen LogP contribution in [0.1, 0.15) is 47.7 Å². The van der Waals surface area contributed by atoms with Gasteiger partial charge in [-0.2, -0.15) is 0 Å². The Kier molecular flexibility index (Phi) is 5.98. The highest BCUT2D eigenvalue weighted by atomic mass is 16.5. The quantitative estimate of drug-likeness (QED) is 0.408. The van der Waals surface area contributed by atoms with Crippen LogP contribution >= 0.6 is 0 Å². The van der Waals surface area contributed by atoms with Crippen LogP contribution in [-0.2, 0) is 0 Å². The number of fused-ring (bicyclic) bond motifs is 2. The van der Waals surface area contributed by atoms with Gasteiger partial charge in [-0.1, -0.05) is 18.2 Å². The third-order valence-electron chi connectivity index (χ3n) is 7.92. The van der Waals surface area contributed by atoms with Gasteiger partial charge in [-0.15, -0.1) is 0 Å². The first-order valence-electron chi connectivity index (χ1n) is 12.8. The number of benzene rings is 2. The van der Waals surface area contributed by atoms with Crippen molar-refractivity contribution in [3.63, 3.8) is 0 Å². The molecule has 4 heterocycles. The second-order valence-electron chi connectivity index (χ2n) is 10.2. The van der Waals surface area contributed by atoms with Crippen molar-refractivity contribution >= 4 is 27.8 Å². The summed E-state index contributed by atoms with van der Waals surface area (Å²) >= 11 is 0. The van der Waals surface area contributed by atoms with Crippen LogP contribution in [0.25, 0.3) is 21.9 Å². The number of aromatic nitrogens is 1. The largest absolute Gasteiger partial charge is 0.497 e. The van der Waals surface area contributed by atoms with E-state index in [1.807, 2.05) is 41.5 Å². The van der Waals surface area contributed by atoms with Crippen LogP contribution in [0.5, 0.6) is 5.75 Å². The summed E-state index contributed by atoms with van der Waals surface area (Å²) in [6, 6.07) is 16.2. The molecule has 182 valence electrons. The molecule has 6 rings (SSSR count). The Balaban J connectivity index is 1.06. The number of methoxy groups -OCH3 is 1. The van der Waals surface area contributed by atoms with E-state index in [-0.39, 0.29) is 5.91 Å². The van der Waals surface area contributed by atoms with Crippen LogP contribution in [-0.4, -0.2) is 60.5 Å². The van der Waals surface area contributed by atoms with Gasteiger partial charge in [-0.05, 0) is 80.9 Å². The molecule has 2 saturated heterocycles. The van der Waals surface area contributed by atoms with Crippen LogP contribution in [0.2, 0.25) is 0 Å². The summed E-state index contributed by atoms with van der Waals surface area (Å²) < 4.78 is 11.1. The van der Waals surface area contributed by atoms with Gasteiger partial charge in [0, 0.05) is 41.5 Å². The lowest BCUT2D eigenvalue weighted by molar-refractivity contribution is 0.0623. The number of aromatic amines is 1. The highest BCUT2D eigenvalue weighted by Gasteiger charge is 2.29. The number of piperidine rings is 2. The molecule has 2 aliphatic rings. The van der Waals surface area contributed by atoms with Crippen LogP contribution in [0.3, 0.4) is 0 Å². The van der Waals surface area contributed by atoms with E-state index in [0.29, 0.717) is 17.5 Å². The number of likely N-dealkylation sites (tertiary alicyclic amines) is 2. The van der Waals surface area contributed by atoms with Crippen LogP contribution in [0.15, 0.2) is 59.2 Å². The second-order valence-corrected chi connectivity index (χ2v) is 10.2. The zero-order chi connectivity index (χ0) is 23.8. The minimum atomic E-state index is 0.107. The zero-order valence-corrected chi connectivity index (χ0v) is 20.3. The number of hydrogen-bond donors (Lipinski definition) is 1. The molecule has 4 aromatic rings. The second kappa shape index (κ2) is 9.42. The summed E-state index contributed by atoms with van der Waals surface area (Å²) in [6.07, 6.45) is 6.56. The number of furan rings is 1. The van der Waals surface area contributed by atoms with Gasteiger partial charge in [0.15, 0.2) is 0 Å². The van der Waals surface area contributed by atoms with Crippen molar-refractivity contribution in [3.05, 3.63) is 66.1 Å². The predicted octanol–water partition coefficient (Wildman–Crippen LogP) is 5.65. The van der Waals surface area contributed by atoms with Crippen molar-refractivity contribution in [2.75, 3.05) is 39.8 Å². The lowest BCUT2D eigenvalue weighted by Crippen LogP contribution is -2.45. The van der Waals surface area contributed by atoms with E-state index < -0.39 is 0 Å². The Morgan fingerprint density at radius 3 is 2.80 bits per heavy atom. The van der Waals surface area contributed by atoms with Crippen LogP contribution in [0.4, 0.5) is 0 Å². The summed E-state index contributed by atoms with van der Waals surface area (Å²) in [5.74, 6) is 2.01. The number of amides is 1. The first-order valence-corrected chi connectivity index (χ1v) is 12.8. The number of ether oxygens (including phenoxy) is 1. The van der Waals surface area contributed by atoms with E-state index in [9.17, 15) is 4.79 Å². The number of nitrogens with one attached hydrogen (secondary N) is 1. The Labute approximate surface area is 205 Å². The number of nitrogens with zero attached hydrogens (tertiary/aromatic N) is 2. The van der Waals surface area contributed by atoms with Crippen LogP contribution < -0.4 is 4.74 Å². The van der Waals surface area contributed by atoms with Crippen molar-refractivity contribution in [3.8, 4) is 5.75 Å². The molecule has 35 heavy (non-hydrogen) atoms. The van der Waals surface area contributed by atoms with Gasteiger partial charge in [0.1, 0.15) is 17.0 Å². The molecule has 0 aliphatic carbocycles. The molecule has 1 amide bonds.